The highest BCUT2D eigenvalue weighted by molar-refractivity contribution is 5.30. The molecule has 0 aliphatic heterocycles. The molecule has 2 atom stereocenters. The molecule has 1 nitrogen and oxygen atoms in total. The van der Waals surface area contributed by atoms with Crippen LogP contribution in [0.2, 0.25) is 0 Å². The number of rotatable bonds is 2. The van der Waals surface area contributed by atoms with Crippen LogP contribution in [0.4, 0.5) is 13.2 Å². The molecule has 1 aromatic rings. The lowest BCUT2D eigenvalue weighted by molar-refractivity contribution is -0.187. The van der Waals surface area contributed by atoms with E-state index in [1.165, 1.54) is 0 Å². The van der Waals surface area contributed by atoms with Gasteiger partial charge in [-0.3, -0.25) is 0 Å². The Morgan fingerprint density at radius 3 is 2.35 bits per heavy atom. The molecule has 0 saturated heterocycles. The second-order valence-corrected chi connectivity index (χ2v) is 6.37. The van der Waals surface area contributed by atoms with E-state index in [2.05, 4.69) is 6.07 Å². The summed E-state index contributed by atoms with van der Waals surface area (Å²) in [4.78, 5) is 0. The Kier molecular flexibility index (Phi) is 4.14. The Hall–Kier alpha value is -1.03. The molecule has 2 rings (SSSR count). The lowest BCUT2D eigenvalue weighted by atomic mass is 9.73. The highest BCUT2D eigenvalue weighted by Gasteiger charge is 2.46. The molecule has 2 unspecified atom stereocenters. The van der Waals surface area contributed by atoms with Crippen molar-refractivity contribution in [2.75, 3.05) is 0 Å². The smallest absolute Gasteiger partial charge is 0.325 e. The van der Waals surface area contributed by atoms with Gasteiger partial charge in [0.15, 0.2) is 0 Å². The van der Waals surface area contributed by atoms with Gasteiger partial charge in [-0.2, -0.15) is 13.2 Å². The van der Waals surface area contributed by atoms with E-state index in [9.17, 15) is 13.2 Å². The van der Waals surface area contributed by atoms with Gasteiger partial charge in [0.25, 0.3) is 0 Å². The lowest BCUT2D eigenvalue weighted by Crippen LogP contribution is -2.48. The fourth-order valence-corrected chi connectivity index (χ4v) is 3.41. The van der Waals surface area contributed by atoms with Gasteiger partial charge < -0.3 is 5.73 Å². The van der Waals surface area contributed by atoms with Gasteiger partial charge in [0, 0.05) is 5.54 Å². The summed E-state index contributed by atoms with van der Waals surface area (Å²) in [7, 11) is 0. The van der Waals surface area contributed by atoms with Gasteiger partial charge in [-0.25, -0.2) is 0 Å². The topological polar surface area (TPSA) is 26.0 Å². The molecule has 112 valence electrons. The third-order valence-electron chi connectivity index (χ3n) is 4.18. The molecule has 1 aromatic carbocycles. The number of hydrogen-bond acceptors (Lipinski definition) is 1. The van der Waals surface area contributed by atoms with Crippen molar-refractivity contribution in [2.45, 2.75) is 57.7 Å². The van der Waals surface area contributed by atoms with Crippen molar-refractivity contribution in [1.29, 1.82) is 0 Å². The fourth-order valence-electron chi connectivity index (χ4n) is 3.41. The van der Waals surface area contributed by atoms with Crippen LogP contribution in [0.15, 0.2) is 18.2 Å². The van der Waals surface area contributed by atoms with E-state index in [0.717, 1.165) is 16.7 Å². The Balaban J connectivity index is 2.14. The zero-order chi connectivity index (χ0) is 15.0. The Morgan fingerprint density at radius 2 is 1.80 bits per heavy atom. The molecule has 0 amide bonds. The molecule has 20 heavy (non-hydrogen) atoms. The molecular weight excluding hydrogens is 263 g/mol. The van der Waals surface area contributed by atoms with Gasteiger partial charge >= 0.3 is 6.18 Å². The van der Waals surface area contributed by atoms with Crippen molar-refractivity contribution >= 4 is 0 Å². The zero-order valence-electron chi connectivity index (χ0n) is 12.1. The van der Waals surface area contributed by atoms with Crippen molar-refractivity contribution in [3.8, 4) is 0 Å². The number of halogens is 3. The first-order valence-electron chi connectivity index (χ1n) is 7.11. The quantitative estimate of drug-likeness (QED) is 0.861. The van der Waals surface area contributed by atoms with Gasteiger partial charge in [-0.15, -0.1) is 0 Å². The molecule has 1 fully saturated rings. The number of alkyl halides is 3. The monoisotopic (exact) mass is 285 g/mol. The Bertz CT molecular complexity index is 461. The van der Waals surface area contributed by atoms with Crippen molar-refractivity contribution in [3.05, 3.63) is 34.9 Å². The average Bonchev–Trinajstić information content (AvgIpc) is 2.25. The van der Waals surface area contributed by atoms with Crippen LogP contribution in [-0.4, -0.2) is 11.7 Å². The summed E-state index contributed by atoms with van der Waals surface area (Å²) in [6.45, 7) is 4.00. The standard InChI is InChI=1S/C16H22F3N/c1-11-6-12(2)8-13(7-11)9-15(20)5-3-4-14(10-15)16(17,18)19/h6-8,14H,3-5,9-10,20H2,1-2H3. The van der Waals surface area contributed by atoms with Crippen molar-refractivity contribution < 1.29 is 13.2 Å². The largest absolute Gasteiger partial charge is 0.391 e. The third kappa shape index (κ3) is 3.75. The summed E-state index contributed by atoms with van der Waals surface area (Å²) in [5.41, 5.74) is 8.87. The Labute approximate surface area is 118 Å². The van der Waals surface area contributed by atoms with Crippen LogP contribution in [0.3, 0.4) is 0 Å². The maximum absolute atomic E-state index is 12.9. The second-order valence-electron chi connectivity index (χ2n) is 6.37. The molecule has 0 bridgehead atoms. The summed E-state index contributed by atoms with van der Waals surface area (Å²) in [5, 5.41) is 0. The third-order valence-corrected chi connectivity index (χ3v) is 4.18. The minimum atomic E-state index is -4.12. The van der Waals surface area contributed by atoms with Crippen LogP contribution in [0.25, 0.3) is 0 Å². The number of aryl methyl sites for hydroxylation is 2. The maximum Gasteiger partial charge on any atom is 0.391 e. The van der Waals surface area contributed by atoms with Crippen molar-refractivity contribution in [3.63, 3.8) is 0 Å². The minimum Gasteiger partial charge on any atom is -0.325 e. The van der Waals surface area contributed by atoms with E-state index in [4.69, 9.17) is 5.73 Å². The molecule has 4 heteroatoms. The summed E-state index contributed by atoms with van der Waals surface area (Å²) >= 11 is 0. The summed E-state index contributed by atoms with van der Waals surface area (Å²) in [6.07, 6.45) is -2.09. The van der Waals surface area contributed by atoms with Crippen LogP contribution < -0.4 is 5.73 Å². The first-order chi connectivity index (χ1) is 9.18. The van der Waals surface area contributed by atoms with E-state index < -0.39 is 17.6 Å². The van der Waals surface area contributed by atoms with Crippen LogP contribution in [0, 0.1) is 19.8 Å². The number of hydrogen-bond donors (Lipinski definition) is 1. The molecular formula is C16H22F3N. The number of nitrogens with two attached hydrogens (primary N) is 1. The van der Waals surface area contributed by atoms with E-state index in [0.29, 0.717) is 19.3 Å². The Morgan fingerprint density at radius 1 is 1.20 bits per heavy atom. The summed E-state index contributed by atoms with van der Waals surface area (Å²) in [6, 6.07) is 6.11. The van der Waals surface area contributed by atoms with E-state index in [1.807, 2.05) is 26.0 Å². The molecule has 0 spiro atoms. The molecule has 0 radical (unpaired) electrons. The predicted molar refractivity (Wildman–Crippen MR) is 74.6 cm³/mol. The molecule has 2 N–H and O–H groups in total. The molecule has 0 aromatic heterocycles. The van der Waals surface area contributed by atoms with Crippen molar-refractivity contribution in [1.82, 2.24) is 0 Å². The normalized spacial score (nSPS) is 27.6. The van der Waals surface area contributed by atoms with Gasteiger partial charge in [0.2, 0.25) is 0 Å². The fraction of sp³-hybridized carbons (Fsp3) is 0.625. The number of benzene rings is 1. The van der Waals surface area contributed by atoms with E-state index in [1.54, 1.807) is 0 Å². The molecule has 1 saturated carbocycles. The second kappa shape index (κ2) is 5.40. The van der Waals surface area contributed by atoms with E-state index in [-0.39, 0.29) is 12.8 Å². The van der Waals surface area contributed by atoms with Gasteiger partial charge in [-0.05, 0) is 45.1 Å². The highest BCUT2D eigenvalue weighted by atomic mass is 19.4. The first-order valence-corrected chi connectivity index (χ1v) is 7.11. The average molecular weight is 285 g/mol. The lowest BCUT2D eigenvalue weighted by Gasteiger charge is -2.39. The predicted octanol–water partition coefficient (Wildman–Crippen LogP) is 4.30. The maximum atomic E-state index is 12.9. The van der Waals surface area contributed by atoms with Crippen LogP contribution >= 0.6 is 0 Å². The SMILES string of the molecule is Cc1cc(C)cc(CC2(N)CCCC(C(F)(F)F)C2)c1. The summed E-state index contributed by atoms with van der Waals surface area (Å²) in [5.74, 6) is -1.24. The van der Waals surface area contributed by atoms with Crippen LogP contribution in [0.5, 0.6) is 0 Å². The molecule has 1 aliphatic rings. The molecule has 0 heterocycles. The summed E-state index contributed by atoms with van der Waals surface area (Å²) < 4.78 is 38.7. The van der Waals surface area contributed by atoms with Gasteiger partial charge in [0.05, 0.1) is 5.92 Å². The van der Waals surface area contributed by atoms with Crippen LogP contribution in [-0.2, 0) is 6.42 Å². The van der Waals surface area contributed by atoms with Crippen molar-refractivity contribution in [2.24, 2.45) is 11.7 Å². The van der Waals surface area contributed by atoms with Gasteiger partial charge in [-0.1, -0.05) is 35.7 Å². The van der Waals surface area contributed by atoms with E-state index >= 15 is 0 Å². The minimum absolute atomic E-state index is 0.0451. The van der Waals surface area contributed by atoms with Crippen LogP contribution in [0.1, 0.15) is 42.4 Å². The highest BCUT2D eigenvalue weighted by Crippen LogP contribution is 2.41. The van der Waals surface area contributed by atoms with Gasteiger partial charge in [0.1, 0.15) is 0 Å². The molecule has 1 aliphatic carbocycles. The zero-order valence-corrected chi connectivity index (χ0v) is 12.1. The first kappa shape index (κ1) is 15.4.